The minimum atomic E-state index is -0.887. The molecule has 6 heteroatoms. The Labute approximate surface area is 157 Å². The Morgan fingerprint density at radius 2 is 2.07 bits per heavy atom. The summed E-state index contributed by atoms with van der Waals surface area (Å²) in [6, 6.07) is 12.3. The van der Waals surface area contributed by atoms with Gasteiger partial charge in [0, 0.05) is 16.7 Å². The number of rotatable bonds is 6. The van der Waals surface area contributed by atoms with Crippen molar-refractivity contribution in [3.05, 3.63) is 59.2 Å². The van der Waals surface area contributed by atoms with Gasteiger partial charge in [-0.05, 0) is 31.5 Å². The van der Waals surface area contributed by atoms with Crippen molar-refractivity contribution in [2.75, 3.05) is 0 Å². The summed E-state index contributed by atoms with van der Waals surface area (Å²) in [6.07, 6.45) is -0.0433. The topological polar surface area (TPSA) is 61.9 Å². The molecular formula is C21H20FN2O3+. The van der Waals surface area contributed by atoms with Crippen LogP contribution in [0.1, 0.15) is 48.9 Å². The molecule has 2 aromatic carbocycles. The van der Waals surface area contributed by atoms with Crippen molar-refractivity contribution >= 4 is 11.7 Å². The highest BCUT2D eigenvalue weighted by molar-refractivity contribution is 5.69. The predicted octanol–water partition coefficient (Wildman–Crippen LogP) is 4.90. The monoisotopic (exact) mass is 367 g/mol. The van der Waals surface area contributed by atoms with E-state index in [0.717, 1.165) is 16.7 Å². The van der Waals surface area contributed by atoms with Gasteiger partial charge in [0.05, 0.1) is 17.9 Å². The Morgan fingerprint density at radius 3 is 2.74 bits per heavy atom. The van der Waals surface area contributed by atoms with E-state index < -0.39 is 5.97 Å². The van der Waals surface area contributed by atoms with E-state index in [2.05, 4.69) is 17.0 Å². The van der Waals surface area contributed by atoms with Gasteiger partial charge in [-0.2, -0.15) is 0 Å². The molecule has 1 aliphatic heterocycles. The van der Waals surface area contributed by atoms with Gasteiger partial charge in [0.15, 0.2) is 0 Å². The van der Waals surface area contributed by atoms with Crippen molar-refractivity contribution in [2.24, 2.45) is 5.11 Å². The average molecular weight is 367 g/mol. The maximum atomic E-state index is 13.8. The summed E-state index contributed by atoms with van der Waals surface area (Å²) in [5.41, 5.74) is 3.00. The van der Waals surface area contributed by atoms with Gasteiger partial charge < -0.3 is 9.84 Å². The van der Waals surface area contributed by atoms with Crippen LogP contribution in [0.3, 0.4) is 0 Å². The zero-order valence-electron chi connectivity index (χ0n) is 15.1. The molecular weight excluding hydrogens is 347 g/mol. The number of hydrogen-bond acceptors (Lipinski definition) is 3. The number of aliphatic carboxylic acids is 1. The van der Waals surface area contributed by atoms with Crippen LogP contribution in [-0.2, 0) is 11.4 Å². The number of azo groups is 1. The van der Waals surface area contributed by atoms with E-state index in [4.69, 9.17) is 9.84 Å². The van der Waals surface area contributed by atoms with E-state index in [1.54, 1.807) is 31.2 Å². The minimum Gasteiger partial charge on any atom is -0.489 e. The normalized spacial score (nSPS) is 16.0. The Kier molecular flexibility index (Phi) is 5.51. The molecule has 5 nitrogen and oxygen atoms in total. The second-order valence-corrected chi connectivity index (χ2v) is 6.30. The SMILES string of the molecule is CC#C[C@@H](CC(=O)O)c1ccc(OCc2cccc3c2C(C)N=[N+]3F)cc1. The van der Waals surface area contributed by atoms with Crippen LogP contribution in [0.2, 0.25) is 0 Å². The van der Waals surface area contributed by atoms with Gasteiger partial charge in [0.25, 0.3) is 5.69 Å². The maximum absolute atomic E-state index is 13.8. The second kappa shape index (κ2) is 8.00. The lowest BCUT2D eigenvalue weighted by molar-refractivity contribution is -0.694. The van der Waals surface area contributed by atoms with E-state index in [9.17, 15) is 9.28 Å². The third-order valence-electron chi connectivity index (χ3n) is 4.44. The summed E-state index contributed by atoms with van der Waals surface area (Å²) < 4.78 is 19.6. The molecule has 0 aromatic heterocycles. The van der Waals surface area contributed by atoms with Crippen LogP contribution in [-0.4, -0.2) is 16.0 Å². The molecule has 3 rings (SSSR count). The number of carboxylic acids is 1. The van der Waals surface area contributed by atoms with Gasteiger partial charge in [-0.25, -0.2) is 0 Å². The average Bonchev–Trinajstić information content (AvgIpc) is 2.94. The number of ether oxygens (including phenoxy) is 1. The molecule has 0 spiro atoms. The van der Waals surface area contributed by atoms with Gasteiger partial charge in [-0.1, -0.05) is 30.2 Å². The van der Waals surface area contributed by atoms with Crippen molar-refractivity contribution in [3.8, 4) is 17.6 Å². The molecule has 0 aliphatic carbocycles. The molecule has 0 fully saturated rings. The first-order valence-electron chi connectivity index (χ1n) is 8.65. The molecule has 138 valence electrons. The molecule has 0 bridgehead atoms. The fourth-order valence-electron chi connectivity index (χ4n) is 3.20. The van der Waals surface area contributed by atoms with Gasteiger partial charge in [0.2, 0.25) is 0 Å². The molecule has 2 atom stereocenters. The summed E-state index contributed by atoms with van der Waals surface area (Å²) in [4.78, 5) is 11.4. The number of nitrogens with zero attached hydrogens (tertiary/aromatic N) is 2. The summed E-state index contributed by atoms with van der Waals surface area (Å²) in [5.74, 6) is 5.11. The lowest BCUT2D eigenvalue weighted by atomic mass is 9.96. The Bertz CT molecular complexity index is 942. The van der Waals surface area contributed by atoms with Crippen LogP contribution in [0.25, 0.3) is 0 Å². The van der Waals surface area contributed by atoms with Crippen molar-refractivity contribution in [2.45, 2.75) is 38.8 Å². The Morgan fingerprint density at radius 1 is 1.33 bits per heavy atom. The standard InChI is InChI=1S/C21H19FN2O3/c1-3-5-16(12-20(25)26)15-8-10-18(11-9-15)27-13-17-6-4-7-19-21(17)14(2)23-24(19)22/h4,6-11,14,16H,12-13H2,1-2H3/p+1/t14?,16-/m0/s1. The second-order valence-electron chi connectivity index (χ2n) is 6.30. The van der Waals surface area contributed by atoms with Crippen LogP contribution in [0, 0.1) is 11.8 Å². The van der Waals surface area contributed by atoms with E-state index in [1.165, 1.54) is 0 Å². The molecule has 1 unspecified atom stereocenters. The van der Waals surface area contributed by atoms with Crippen molar-refractivity contribution in [1.29, 1.82) is 0 Å². The Hall–Kier alpha value is -3.20. The van der Waals surface area contributed by atoms with E-state index in [1.807, 2.05) is 25.1 Å². The zero-order chi connectivity index (χ0) is 19.4. The highest BCUT2D eigenvalue weighted by atomic mass is 19.2. The Balaban J connectivity index is 1.72. The number of fused-ring (bicyclic) bond motifs is 1. The van der Waals surface area contributed by atoms with E-state index >= 15 is 0 Å². The number of carbonyl (C=O) groups is 1. The quantitative estimate of drug-likeness (QED) is 0.583. The first-order chi connectivity index (χ1) is 13.0. The molecule has 1 heterocycles. The van der Waals surface area contributed by atoms with Gasteiger partial charge >= 0.3 is 5.97 Å². The lowest BCUT2D eigenvalue weighted by Crippen LogP contribution is -2.05. The number of halogens is 1. The summed E-state index contributed by atoms with van der Waals surface area (Å²) in [5, 5.41) is 12.9. The van der Waals surface area contributed by atoms with Crippen LogP contribution in [0.4, 0.5) is 10.2 Å². The molecule has 27 heavy (non-hydrogen) atoms. The molecule has 0 saturated heterocycles. The fraction of sp³-hybridized carbons (Fsp3) is 0.286. The molecule has 0 saturated carbocycles. The highest BCUT2D eigenvalue weighted by Crippen LogP contribution is 2.38. The van der Waals surface area contributed by atoms with Crippen LogP contribution in [0.15, 0.2) is 47.6 Å². The minimum absolute atomic E-state index is 0.0433. The van der Waals surface area contributed by atoms with E-state index in [-0.39, 0.29) is 18.4 Å². The van der Waals surface area contributed by atoms with Crippen molar-refractivity contribution in [1.82, 2.24) is 0 Å². The third kappa shape index (κ3) is 4.14. The maximum Gasteiger partial charge on any atom is 0.304 e. The van der Waals surface area contributed by atoms with Crippen molar-refractivity contribution in [3.63, 3.8) is 0 Å². The van der Waals surface area contributed by atoms with Crippen LogP contribution >= 0.6 is 0 Å². The highest BCUT2D eigenvalue weighted by Gasteiger charge is 2.33. The predicted molar refractivity (Wildman–Crippen MR) is 97.5 cm³/mol. The molecule has 2 aromatic rings. The van der Waals surface area contributed by atoms with Crippen molar-refractivity contribution < 1.29 is 24.0 Å². The smallest absolute Gasteiger partial charge is 0.304 e. The van der Waals surface area contributed by atoms with Gasteiger partial charge in [-0.15, -0.1) is 5.92 Å². The summed E-state index contributed by atoms with van der Waals surface area (Å²) in [7, 11) is 0. The molecule has 1 N–H and O–H groups in total. The van der Waals surface area contributed by atoms with E-state index in [0.29, 0.717) is 23.0 Å². The third-order valence-corrected chi connectivity index (χ3v) is 4.44. The summed E-state index contributed by atoms with van der Waals surface area (Å²) >= 11 is 0. The molecule has 1 aliphatic rings. The molecule has 0 amide bonds. The largest absolute Gasteiger partial charge is 0.489 e. The summed E-state index contributed by atoms with van der Waals surface area (Å²) in [6.45, 7) is 3.83. The van der Waals surface area contributed by atoms with Crippen LogP contribution < -0.4 is 4.74 Å². The number of carboxylic acid groups (broad SMARTS) is 1. The van der Waals surface area contributed by atoms with Gasteiger partial charge in [0.1, 0.15) is 27.8 Å². The first-order valence-corrected chi connectivity index (χ1v) is 8.65. The fourth-order valence-corrected chi connectivity index (χ4v) is 3.20. The number of benzene rings is 2. The zero-order valence-corrected chi connectivity index (χ0v) is 15.1. The molecule has 0 radical (unpaired) electrons. The first kappa shape index (κ1) is 18.6. The lowest BCUT2D eigenvalue weighted by Gasteiger charge is -2.12. The van der Waals surface area contributed by atoms with Crippen LogP contribution in [0.5, 0.6) is 5.75 Å². The number of hydrogen-bond donors (Lipinski definition) is 1. The van der Waals surface area contributed by atoms with Gasteiger partial charge in [-0.3, -0.25) is 4.79 Å².